The van der Waals surface area contributed by atoms with E-state index in [1.165, 1.54) is 0 Å². The monoisotopic (exact) mass is 303 g/mol. The molecule has 0 fully saturated rings. The van der Waals surface area contributed by atoms with Crippen molar-refractivity contribution in [2.24, 2.45) is 5.73 Å². The summed E-state index contributed by atoms with van der Waals surface area (Å²) in [5.41, 5.74) is 8.43. The summed E-state index contributed by atoms with van der Waals surface area (Å²) >= 11 is 6.09. The van der Waals surface area contributed by atoms with E-state index in [0.29, 0.717) is 5.02 Å². The first-order valence-electron chi connectivity index (χ1n) is 7.33. The minimum absolute atomic E-state index is 0.0206. The van der Waals surface area contributed by atoms with E-state index in [2.05, 4.69) is 26.0 Å². The summed E-state index contributed by atoms with van der Waals surface area (Å²) in [6.07, 6.45) is 0.662. The van der Waals surface area contributed by atoms with E-state index < -0.39 is 0 Å². The second kappa shape index (κ2) is 7.60. The van der Waals surface area contributed by atoms with Gasteiger partial charge in [0.25, 0.3) is 0 Å². The van der Waals surface area contributed by atoms with Gasteiger partial charge < -0.3 is 10.5 Å². The van der Waals surface area contributed by atoms with E-state index in [0.717, 1.165) is 17.5 Å². The van der Waals surface area contributed by atoms with Gasteiger partial charge >= 0.3 is 0 Å². The Kier molecular flexibility index (Phi) is 5.80. The molecule has 0 bridgehead atoms. The molecule has 0 aliphatic heterocycles. The highest BCUT2D eigenvalue weighted by Gasteiger charge is 2.22. The maximum Gasteiger partial charge on any atom is 0.0984 e. The third-order valence-corrected chi connectivity index (χ3v) is 3.89. The Morgan fingerprint density at radius 1 is 1.05 bits per heavy atom. The average Bonchev–Trinajstić information content (AvgIpc) is 2.52. The summed E-state index contributed by atoms with van der Waals surface area (Å²) in [6, 6.07) is 17.9. The van der Waals surface area contributed by atoms with Gasteiger partial charge in [-0.15, -0.1) is 0 Å². The Morgan fingerprint density at radius 2 is 1.71 bits per heavy atom. The van der Waals surface area contributed by atoms with Crippen molar-refractivity contribution in [3.8, 4) is 0 Å². The van der Waals surface area contributed by atoms with E-state index in [1.807, 2.05) is 42.5 Å². The number of hydrogen-bond donors (Lipinski definition) is 1. The van der Waals surface area contributed by atoms with E-state index in [1.54, 1.807) is 0 Å². The lowest BCUT2D eigenvalue weighted by Gasteiger charge is -2.27. The molecular formula is C18H22ClNO. The van der Waals surface area contributed by atoms with Crippen molar-refractivity contribution in [2.75, 3.05) is 0 Å². The maximum atomic E-state index is 6.26. The van der Waals surface area contributed by atoms with E-state index in [9.17, 15) is 0 Å². The lowest BCUT2D eigenvalue weighted by atomic mass is 10.00. The van der Waals surface area contributed by atoms with Crippen LogP contribution in [-0.2, 0) is 4.74 Å². The molecule has 0 saturated carbocycles. The van der Waals surface area contributed by atoms with Crippen LogP contribution in [0.2, 0.25) is 5.02 Å². The van der Waals surface area contributed by atoms with Gasteiger partial charge in [-0.3, -0.25) is 0 Å². The number of rotatable bonds is 6. The molecule has 2 aromatic carbocycles. The molecule has 0 saturated heterocycles. The number of hydrogen-bond acceptors (Lipinski definition) is 2. The zero-order valence-corrected chi connectivity index (χ0v) is 13.3. The van der Waals surface area contributed by atoms with Gasteiger partial charge in [-0.05, 0) is 36.6 Å². The normalized spacial score (nSPS) is 15.4. The maximum absolute atomic E-state index is 6.26. The van der Waals surface area contributed by atoms with Crippen LogP contribution in [0.15, 0.2) is 54.6 Å². The van der Waals surface area contributed by atoms with Gasteiger partial charge in [0, 0.05) is 11.1 Å². The Bertz CT molecular complexity index is 558. The quantitative estimate of drug-likeness (QED) is 0.824. The van der Waals surface area contributed by atoms with Crippen LogP contribution in [0, 0.1) is 0 Å². The fourth-order valence-electron chi connectivity index (χ4n) is 2.35. The van der Waals surface area contributed by atoms with Crippen LogP contribution >= 0.6 is 11.6 Å². The third-order valence-electron chi connectivity index (χ3n) is 3.66. The Hall–Kier alpha value is -1.35. The molecule has 2 rings (SSSR count). The first-order valence-corrected chi connectivity index (χ1v) is 7.71. The van der Waals surface area contributed by atoms with Crippen LogP contribution in [0.1, 0.15) is 43.6 Å². The Morgan fingerprint density at radius 3 is 2.33 bits per heavy atom. The van der Waals surface area contributed by atoms with Crippen LogP contribution < -0.4 is 5.73 Å². The molecule has 0 amide bonds. The molecule has 3 atom stereocenters. The molecule has 0 aliphatic carbocycles. The molecular weight excluding hydrogens is 282 g/mol. The van der Waals surface area contributed by atoms with Gasteiger partial charge in [-0.2, -0.15) is 0 Å². The first kappa shape index (κ1) is 16.0. The molecule has 2 N–H and O–H groups in total. The summed E-state index contributed by atoms with van der Waals surface area (Å²) in [5, 5.41) is 0.705. The SMILES string of the molecule is CCC(N)C(OC(C)c1ccccc1)c1cccc(Cl)c1. The fourth-order valence-corrected chi connectivity index (χ4v) is 2.55. The van der Waals surface area contributed by atoms with Crippen LogP contribution in [0.5, 0.6) is 0 Å². The van der Waals surface area contributed by atoms with Crippen LogP contribution in [-0.4, -0.2) is 6.04 Å². The molecule has 0 radical (unpaired) electrons. The second-order valence-corrected chi connectivity index (χ2v) is 5.67. The zero-order chi connectivity index (χ0) is 15.2. The number of halogens is 1. The van der Waals surface area contributed by atoms with Crippen molar-refractivity contribution in [1.29, 1.82) is 0 Å². The van der Waals surface area contributed by atoms with E-state index in [4.69, 9.17) is 22.1 Å². The first-order chi connectivity index (χ1) is 10.1. The summed E-state index contributed by atoms with van der Waals surface area (Å²) < 4.78 is 6.25. The minimum atomic E-state index is -0.163. The van der Waals surface area contributed by atoms with Crippen LogP contribution in [0.4, 0.5) is 0 Å². The predicted octanol–water partition coefficient (Wildman–Crippen LogP) is 4.90. The van der Waals surface area contributed by atoms with Gasteiger partial charge in [0.05, 0.1) is 12.2 Å². The lowest BCUT2D eigenvalue weighted by molar-refractivity contribution is -0.0199. The molecule has 0 heterocycles. The molecule has 21 heavy (non-hydrogen) atoms. The largest absolute Gasteiger partial charge is 0.364 e. The molecule has 3 unspecified atom stereocenters. The van der Waals surface area contributed by atoms with E-state index in [-0.39, 0.29) is 18.2 Å². The summed E-state index contributed by atoms with van der Waals surface area (Å²) in [7, 11) is 0. The number of benzene rings is 2. The van der Waals surface area contributed by atoms with Crippen molar-refractivity contribution < 1.29 is 4.74 Å². The number of nitrogens with two attached hydrogens (primary N) is 1. The average molecular weight is 304 g/mol. The summed E-state index contributed by atoms with van der Waals surface area (Å²) in [4.78, 5) is 0. The second-order valence-electron chi connectivity index (χ2n) is 5.24. The van der Waals surface area contributed by atoms with Gasteiger partial charge in [0.1, 0.15) is 0 Å². The predicted molar refractivity (Wildman–Crippen MR) is 88.4 cm³/mol. The van der Waals surface area contributed by atoms with Crippen molar-refractivity contribution in [2.45, 2.75) is 38.5 Å². The zero-order valence-electron chi connectivity index (χ0n) is 12.5. The minimum Gasteiger partial charge on any atom is -0.364 e. The Labute approximate surface area is 131 Å². The molecule has 3 heteroatoms. The highest BCUT2D eigenvalue weighted by atomic mass is 35.5. The van der Waals surface area contributed by atoms with Crippen LogP contribution in [0.3, 0.4) is 0 Å². The molecule has 0 aliphatic rings. The molecule has 2 nitrogen and oxygen atoms in total. The lowest BCUT2D eigenvalue weighted by Crippen LogP contribution is -2.30. The Balaban J connectivity index is 2.21. The van der Waals surface area contributed by atoms with Crippen molar-refractivity contribution in [3.63, 3.8) is 0 Å². The van der Waals surface area contributed by atoms with Crippen molar-refractivity contribution in [1.82, 2.24) is 0 Å². The topological polar surface area (TPSA) is 35.2 Å². The fraction of sp³-hybridized carbons (Fsp3) is 0.333. The molecule has 0 aromatic heterocycles. The smallest absolute Gasteiger partial charge is 0.0984 e. The van der Waals surface area contributed by atoms with Crippen molar-refractivity contribution in [3.05, 3.63) is 70.7 Å². The van der Waals surface area contributed by atoms with Gasteiger partial charge in [0.2, 0.25) is 0 Å². The highest BCUT2D eigenvalue weighted by molar-refractivity contribution is 6.30. The van der Waals surface area contributed by atoms with Gasteiger partial charge in [-0.1, -0.05) is 61.0 Å². The van der Waals surface area contributed by atoms with Crippen LogP contribution in [0.25, 0.3) is 0 Å². The van der Waals surface area contributed by atoms with Gasteiger partial charge in [-0.25, -0.2) is 0 Å². The molecule has 0 spiro atoms. The third kappa shape index (κ3) is 4.31. The summed E-state index contributed by atoms with van der Waals surface area (Å²) in [5.74, 6) is 0. The molecule has 112 valence electrons. The van der Waals surface area contributed by atoms with Gasteiger partial charge in [0.15, 0.2) is 0 Å². The van der Waals surface area contributed by atoms with Crippen molar-refractivity contribution >= 4 is 11.6 Å². The summed E-state index contributed by atoms with van der Waals surface area (Å²) in [6.45, 7) is 4.12. The highest BCUT2D eigenvalue weighted by Crippen LogP contribution is 2.30. The number of ether oxygens (including phenoxy) is 1. The molecule has 2 aromatic rings. The van der Waals surface area contributed by atoms with E-state index >= 15 is 0 Å². The standard InChI is InChI=1S/C18H22ClNO/c1-3-17(20)18(15-10-7-11-16(19)12-15)21-13(2)14-8-5-4-6-9-14/h4-13,17-18H,3,20H2,1-2H3.